The number of aromatic nitrogens is 2. The second-order valence-corrected chi connectivity index (χ2v) is 9.57. The molecule has 2 aromatic heterocycles. The van der Waals surface area contributed by atoms with Gasteiger partial charge in [-0.15, -0.1) is 11.3 Å². The van der Waals surface area contributed by atoms with Crippen LogP contribution in [0.25, 0.3) is 10.2 Å². The van der Waals surface area contributed by atoms with Gasteiger partial charge < -0.3 is 9.64 Å². The average Bonchev–Trinajstić information content (AvgIpc) is 3.20. The Hall–Kier alpha value is -2.38. The first kappa shape index (κ1) is 20.5. The Bertz CT molecular complexity index is 1110. The first-order chi connectivity index (χ1) is 15.2. The molecule has 0 spiro atoms. The molecule has 1 aromatic carbocycles. The summed E-state index contributed by atoms with van der Waals surface area (Å²) in [5.74, 6) is 0.939. The molecule has 1 saturated heterocycles. The highest BCUT2D eigenvalue weighted by atomic mass is 32.1. The smallest absolute Gasteiger partial charge is 0.262 e. The van der Waals surface area contributed by atoms with Crippen LogP contribution in [0.2, 0.25) is 0 Å². The Morgan fingerprint density at radius 2 is 1.87 bits per heavy atom. The number of aryl methyl sites for hydroxylation is 3. The van der Waals surface area contributed by atoms with Gasteiger partial charge >= 0.3 is 0 Å². The van der Waals surface area contributed by atoms with Crippen LogP contribution in [0.15, 0.2) is 35.4 Å². The number of fused-ring (bicyclic) bond motifs is 3. The molecule has 1 aliphatic heterocycles. The van der Waals surface area contributed by atoms with Crippen LogP contribution in [-0.4, -0.2) is 54.3 Å². The Morgan fingerprint density at radius 3 is 2.71 bits per heavy atom. The van der Waals surface area contributed by atoms with Crippen molar-refractivity contribution >= 4 is 27.2 Å². The van der Waals surface area contributed by atoms with Gasteiger partial charge in [0.25, 0.3) is 5.56 Å². The first-order valence-corrected chi connectivity index (χ1v) is 12.2. The van der Waals surface area contributed by atoms with E-state index in [-0.39, 0.29) is 5.56 Å². The molecule has 7 heteroatoms. The summed E-state index contributed by atoms with van der Waals surface area (Å²) in [6.07, 6.45) is 7.29. The molecular weight excluding hydrogens is 408 g/mol. The van der Waals surface area contributed by atoms with Crippen molar-refractivity contribution in [2.75, 3.05) is 44.7 Å². The summed E-state index contributed by atoms with van der Waals surface area (Å²) in [4.78, 5) is 24.9. The second kappa shape index (κ2) is 9.01. The van der Waals surface area contributed by atoms with E-state index in [9.17, 15) is 4.79 Å². The van der Waals surface area contributed by atoms with Crippen molar-refractivity contribution in [3.63, 3.8) is 0 Å². The van der Waals surface area contributed by atoms with E-state index in [1.54, 1.807) is 24.8 Å². The number of para-hydroxylation sites is 2. The van der Waals surface area contributed by atoms with Gasteiger partial charge in [-0.1, -0.05) is 12.1 Å². The van der Waals surface area contributed by atoms with Gasteiger partial charge in [0.15, 0.2) is 0 Å². The van der Waals surface area contributed by atoms with Crippen LogP contribution in [0.1, 0.15) is 29.7 Å². The highest BCUT2D eigenvalue weighted by Gasteiger charge is 2.21. The van der Waals surface area contributed by atoms with E-state index in [1.165, 1.54) is 29.0 Å². The molecule has 0 atom stereocenters. The van der Waals surface area contributed by atoms with Gasteiger partial charge in [0.05, 0.1) is 24.5 Å². The maximum atomic E-state index is 13.1. The predicted octanol–water partition coefficient (Wildman–Crippen LogP) is 3.56. The molecule has 1 fully saturated rings. The molecule has 0 saturated carbocycles. The topological polar surface area (TPSA) is 50.6 Å². The summed E-state index contributed by atoms with van der Waals surface area (Å²) in [5.41, 5.74) is 2.62. The van der Waals surface area contributed by atoms with E-state index in [0.717, 1.165) is 74.5 Å². The number of hydrogen-bond acceptors (Lipinski definition) is 6. The maximum absolute atomic E-state index is 13.1. The molecule has 5 rings (SSSR count). The summed E-state index contributed by atoms with van der Waals surface area (Å²) in [6, 6.07) is 8.23. The Balaban J connectivity index is 1.18. The zero-order chi connectivity index (χ0) is 21.2. The summed E-state index contributed by atoms with van der Waals surface area (Å²) in [6.45, 7) is 5.79. The lowest BCUT2D eigenvalue weighted by Gasteiger charge is -2.36. The minimum absolute atomic E-state index is 0.158. The average molecular weight is 439 g/mol. The van der Waals surface area contributed by atoms with E-state index < -0.39 is 0 Å². The minimum Gasteiger partial charge on any atom is -0.495 e. The molecular formula is C24H30N4O2S. The normalized spacial score (nSPS) is 17.1. The van der Waals surface area contributed by atoms with Crippen molar-refractivity contribution < 1.29 is 4.74 Å². The van der Waals surface area contributed by atoms with E-state index in [0.29, 0.717) is 0 Å². The number of thiophene rings is 1. The number of benzene rings is 1. The Kier molecular flexibility index (Phi) is 5.96. The lowest BCUT2D eigenvalue weighted by molar-refractivity contribution is 0.249. The standard InChI is InChI=1S/C24H30N4O2S/c1-30-20-9-4-3-8-19(20)27-15-13-26(14-16-27)11-6-12-28-17-25-23-22(24(28)29)18-7-2-5-10-21(18)31-23/h3-4,8-9,17H,2,5-7,10-16H2,1H3. The number of piperazine rings is 1. The number of methoxy groups -OCH3 is 1. The molecule has 0 unspecified atom stereocenters. The van der Waals surface area contributed by atoms with Crippen molar-refractivity contribution in [2.24, 2.45) is 0 Å². The third kappa shape index (κ3) is 4.08. The third-order valence-electron chi connectivity index (χ3n) is 6.61. The van der Waals surface area contributed by atoms with Crippen LogP contribution in [0.3, 0.4) is 0 Å². The molecule has 0 bridgehead atoms. The molecule has 6 nitrogen and oxygen atoms in total. The van der Waals surface area contributed by atoms with E-state index in [2.05, 4.69) is 26.9 Å². The summed E-state index contributed by atoms with van der Waals surface area (Å²) < 4.78 is 7.35. The number of nitrogens with zero attached hydrogens (tertiary/aromatic N) is 4. The second-order valence-electron chi connectivity index (χ2n) is 8.49. The Morgan fingerprint density at radius 1 is 1.06 bits per heavy atom. The molecule has 164 valence electrons. The number of ether oxygens (including phenoxy) is 1. The quantitative estimate of drug-likeness (QED) is 0.589. The highest BCUT2D eigenvalue weighted by Crippen LogP contribution is 2.33. The fraction of sp³-hybridized carbons (Fsp3) is 0.500. The fourth-order valence-electron chi connectivity index (χ4n) is 4.91. The van der Waals surface area contributed by atoms with Gasteiger partial charge in [0.2, 0.25) is 0 Å². The van der Waals surface area contributed by atoms with Gasteiger partial charge in [-0.05, 0) is 56.3 Å². The maximum Gasteiger partial charge on any atom is 0.262 e. The molecule has 3 heterocycles. The molecule has 31 heavy (non-hydrogen) atoms. The van der Waals surface area contributed by atoms with Crippen LogP contribution >= 0.6 is 11.3 Å². The van der Waals surface area contributed by atoms with Gasteiger partial charge in [-0.3, -0.25) is 14.3 Å². The minimum atomic E-state index is 0.158. The third-order valence-corrected chi connectivity index (χ3v) is 7.81. The summed E-state index contributed by atoms with van der Waals surface area (Å²) in [7, 11) is 1.73. The molecule has 2 aliphatic rings. The zero-order valence-electron chi connectivity index (χ0n) is 18.2. The van der Waals surface area contributed by atoms with Crippen LogP contribution in [0.5, 0.6) is 5.75 Å². The predicted molar refractivity (Wildman–Crippen MR) is 127 cm³/mol. The van der Waals surface area contributed by atoms with Crippen LogP contribution in [-0.2, 0) is 19.4 Å². The van der Waals surface area contributed by atoms with Gasteiger partial charge in [-0.25, -0.2) is 4.98 Å². The van der Waals surface area contributed by atoms with Gasteiger partial charge in [0, 0.05) is 37.6 Å². The van der Waals surface area contributed by atoms with E-state index >= 15 is 0 Å². The number of hydrogen-bond donors (Lipinski definition) is 0. The van der Waals surface area contributed by atoms with Gasteiger partial charge in [0.1, 0.15) is 10.6 Å². The van der Waals surface area contributed by atoms with Crippen molar-refractivity contribution in [3.8, 4) is 5.75 Å². The van der Waals surface area contributed by atoms with Crippen LogP contribution in [0.4, 0.5) is 5.69 Å². The van der Waals surface area contributed by atoms with Gasteiger partial charge in [-0.2, -0.15) is 0 Å². The fourth-order valence-corrected chi connectivity index (χ4v) is 6.13. The van der Waals surface area contributed by atoms with Crippen LogP contribution < -0.4 is 15.2 Å². The molecule has 1 aliphatic carbocycles. The van der Waals surface area contributed by atoms with Crippen molar-refractivity contribution in [1.82, 2.24) is 14.5 Å². The lowest BCUT2D eigenvalue weighted by Crippen LogP contribution is -2.46. The molecule has 3 aromatic rings. The zero-order valence-corrected chi connectivity index (χ0v) is 19.0. The van der Waals surface area contributed by atoms with E-state index in [4.69, 9.17) is 4.74 Å². The van der Waals surface area contributed by atoms with Crippen LogP contribution in [0, 0.1) is 0 Å². The SMILES string of the molecule is COc1ccccc1N1CCN(CCCn2cnc3sc4c(c3c2=O)CCCC4)CC1. The largest absolute Gasteiger partial charge is 0.495 e. The Labute approximate surface area is 187 Å². The number of anilines is 1. The van der Waals surface area contributed by atoms with Crippen molar-refractivity contribution in [3.05, 3.63) is 51.4 Å². The summed E-state index contributed by atoms with van der Waals surface area (Å²) in [5, 5.41) is 0.896. The van der Waals surface area contributed by atoms with E-state index in [1.807, 2.05) is 16.7 Å². The highest BCUT2D eigenvalue weighted by molar-refractivity contribution is 7.18. The summed E-state index contributed by atoms with van der Waals surface area (Å²) >= 11 is 1.72. The van der Waals surface area contributed by atoms with Crippen molar-refractivity contribution in [2.45, 2.75) is 38.6 Å². The van der Waals surface area contributed by atoms with Crippen molar-refractivity contribution in [1.29, 1.82) is 0 Å². The first-order valence-electron chi connectivity index (χ1n) is 11.3. The lowest BCUT2D eigenvalue weighted by atomic mass is 9.97. The molecule has 0 N–H and O–H groups in total. The molecule has 0 radical (unpaired) electrons. The monoisotopic (exact) mass is 438 g/mol. The number of rotatable bonds is 6. The molecule has 0 amide bonds.